The average Bonchev–Trinajstić information content (AvgIpc) is 3.19. The Kier molecular flexibility index (Phi) is 6.08. The van der Waals surface area contributed by atoms with Crippen LogP contribution in [0.2, 0.25) is 0 Å². The van der Waals surface area contributed by atoms with Crippen LogP contribution in [-0.4, -0.2) is 32.3 Å². The summed E-state index contributed by atoms with van der Waals surface area (Å²) in [4.78, 5) is 13.2. The van der Waals surface area contributed by atoms with Crippen molar-refractivity contribution in [3.8, 4) is 5.75 Å². The van der Waals surface area contributed by atoms with Gasteiger partial charge in [0.2, 0.25) is 0 Å². The summed E-state index contributed by atoms with van der Waals surface area (Å²) in [7, 11) is -3.86. The van der Waals surface area contributed by atoms with Gasteiger partial charge in [0.25, 0.3) is 0 Å². The van der Waals surface area contributed by atoms with E-state index in [2.05, 4.69) is 0 Å². The van der Waals surface area contributed by atoms with Crippen molar-refractivity contribution in [3.63, 3.8) is 0 Å². The number of hydrogen-bond acceptors (Lipinski definition) is 5. The lowest BCUT2D eigenvalue weighted by molar-refractivity contribution is -0.147. The Morgan fingerprint density at radius 1 is 1.00 bits per heavy atom. The van der Waals surface area contributed by atoms with Gasteiger partial charge in [-0.2, -0.15) is 0 Å². The van der Waals surface area contributed by atoms with Crippen LogP contribution in [0.25, 0.3) is 0 Å². The zero-order valence-electron chi connectivity index (χ0n) is 16.3. The standard InChI is InChI=1S/C22H26O5S/c1-17-10-11-18(2)20(16-17)28(24,25)22(12-6-7-13-22)21(23)27-15-14-26-19-8-4-3-5-9-19/h3-5,8-11,16H,6-7,12-15H2,1-2H3. The molecule has 0 radical (unpaired) electrons. The SMILES string of the molecule is Cc1ccc(C)c(S(=O)(=O)C2(C(=O)OCCOc3ccccc3)CCCC2)c1. The summed E-state index contributed by atoms with van der Waals surface area (Å²) in [5.41, 5.74) is 1.50. The quantitative estimate of drug-likeness (QED) is 0.517. The summed E-state index contributed by atoms with van der Waals surface area (Å²) in [5, 5.41) is 0. The fraction of sp³-hybridized carbons (Fsp3) is 0.409. The molecule has 0 bridgehead atoms. The first kappa shape index (κ1) is 20.4. The minimum atomic E-state index is -3.86. The smallest absolute Gasteiger partial charge is 0.327 e. The van der Waals surface area contributed by atoms with Crippen molar-refractivity contribution in [3.05, 3.63) is 59.7 Å². The Morgan fingerprint density at radius 3 is 2.36 bits per heavy atom. The molecule has 1 saturated carbocycles. The second kappa shape index (κ2) is 8.35. The van der Waals surface area contributed by atoms with Gasteiger partial charge in [0.05, 0.1) is 4.90 Å². The number of benzene rings is 2. The second-order valence-electron chi connectivity index (χ2n) is 7.27. The van der Waals surface area contributed by atoms with E-state index in [1.165, 1.54) is 0 Å². The van der Waals surface area contributed by atoms with Gasteiger partial charge in [-0.25, -0.2) is 8.42 Å². The summed E-state index contributed by atoms with van der Waals surface area (Å²) in [6.45, 7) is 3.79. The topological polar surface area (TPSA) is 69.7 Å². The van der Waals surface area contributed by atoms with Crippen molar-refractivity contribution < 1.29 is 22.7 Å². The second-order valence-corrected chi connectivity index (χ2v) is 9.50. The maximum Gasteiger partial charge on any atom is 0.327 e. The Labute approximate surface area is 166 Å². The number of carbonyl (C=O) groups excluding carboxylic acids is 1. The predicted octanol–water partition coefficient (Wildman–Crippen LogP) is 4.01. The summed E-state index contributed by atoms with van der Waals surface area (Å²) < 4.78 is 36.4. The molecule has 0 spiro atoms. The number of esters is 1. The molecule has 0 aromatic heterocycles. The Hall–Kier alpha value is -2.34. The third-order valence-corrected chi connectivity index (χ3v) is 7.88. The summed E-state index contributed by atoms with van der Waals surface area (Å²) in [5.74, 6) is 0.0136. The number of carbonyl (C=O) groups is 1. The Balaban J connectivity index is 1.75. The van der Waals surface area contributed by atoms with Gasteiger partial charge >= 0.3 is 5.97 Å². The summed E-state index contributed by atoms with van der Waals surface area (Å²) >= 11 is 0. The average molecular weight is 403 g/mol. The van der Waals surface area contributed by atoms with Gasteiger partial charge in [0, 0.05) is 0 Å². The predicted molar refractivity (Wildman–Crippen MR) is 107 cm³/mol. The zero-order valence-corrected chi connectivity index (χ0v) is 17.1. The van der Waals surface area contributed by atoms with Gasteiger partial charge in [0.1, 0.15) is 19.0 Å². The highest BCUT2D eigenvalue weighted by Crippen LogP contribution is 2.42. The molecule has 0 aliphatic heterocycles. The molecule has 0 saturated heterocycles. The molecule has 2 aromatic carbocycles. The van der Waals surface area contributed by atoms with Crippen molar-refractivity contribution in [2.75, 3.05) is 13.2 Å². The van der Waals surface area contributed by atoms with Gasteiger partial charge < -0.3 is 9.47 Å². The van der Waals surface area contributed by atoms with Crippen LogP contribution in [0.15, 0.2) is 53.4 Å². The molecular weight excluding hydrogens is 376 g/mol. The normalized spacial score (nSPS) is 15.9. The van der Waals surface area contributed by atoms with Gasteiger partial charge in [-0.3, -0.25) is 4.79 Å². The fourth-order valence-corrected chi connectivity index (χ4v) is 6.04. The Morgan fingerprint density at radius 2 is 1.68 bits per heavy atom. The summed E-state index contributed by atoms with van der Waals surface area (Å²) in [6, 6.07) is 14.5. The molecule has 5 nitrogen and oxygen atoms in total. The number of ether oxygens (including phenoxy) is 2. The van der Waals surface area contributed by atoms with Gasteiger partial charge in [0.15, 0.2) is 14.6 Å². The van der Waals surface area contributed by atoms with E-state index in [4.69, 9.17) is 9.47 Å². The van der Waals surface area contributed by atoms with Crippen LogP contribution in [0, 0.1) is 13.8 Å². The minimum absolute atomic E-state index is 0.0117. The molecule has 150 valence electrons. The molecule has 1 fully saturated rings. The molecule has 2 aromatic rings. The maximum absolute atomic E-state index is 13.5. The van der Waals surface area contributed by atoms with Crippen LogP contribution in [0.1, 0.15) is 36.8 Å². The van der Waals surface area contributed by atoms with Crippen LogP contribution in [0.4, 0.5) is 0 Å². The molecule has 0 atom stereocenters. The van der Waals surface area contributed by atoms with E-state index in [9.17, 15) is 13.2 Å². The van der Waals surface area contributed by atoms with E-state index in [-0.39, 0.29) is 18.1 Å². The van der Waals surface area contributed by atoms with Crippen molar-refractivity contribution in [1.29, 1.82) is 0 Å². The number of para-hydroxylation sites is 1. The molecular formula is C22H26O5S. The monoisotopic (exact) mass is 402 g/mol. The first-order valence-electron chi connectivity index (χ1n) is 9.54. The van der Waals surface area contributed by atoms with Crippen LogP contribution in [0.3, 0.4) is 0 Å². The molecule has 1 aliphatic rings. The minimum Gasteiger partial charge on any atom is -0.490 e. The maximum atomic E-state index is 13.5. The van der Waals surface area contributed by atoms with Crippen molar-refractivity contribution in [2.45, 2.75) is 49.2 Å². The lowest BCUT2D eigenvalue weighted by Gasteiger charge is -2.27. The third-order valence-electron chi connectivity index (χ3n) is 5.26. The van der Waals surface area contributed by atoms with E-state index in [0.29, 0.717) is 37.0 Å². The van der Waals surface area contributed by atoms with E-state index in [1.54, 1.807) is 19.1 Å². The molecule has 0 amide bonds. The number of hydrogen-bond donors (Lipinski definition) is 0. The number of rotatable bonds is 7. The lowest BCUT2D eigenvalue weighted by Crippen LogP contribution is -2.45. The van der Waals surface area contributed by atoms with E-state index in [0.717, 1.165) is 5.56 Å². The summed E-state index contributed by atoms with van der Waals surface area (Å²) in [6.07, 6.45) is 1.97. The highest BCUT2D eigenvalue weighted by Gasteiger charge is 2.54. The van der Waals surface area contributed by atoms with Crippen molar-refractivity contribution >= 4 is 15.8 Å². The van der Waals surface area contributed by atoms with Crippen LogP contribution in [0.5, 0.6) is 5.75 Å². The molecule has 0 N–H and O–H groups in total. The van der Waals surface area contributed by atoms with Crippen molar-refractivity contribution in [1.82, 2.24) is 0 Å². The third kappa shape index (κ3) is 3.92. The first-order chi connectivity index (χ1) is 13.4. The van der Waals surface area contributed by atoms with Gasteiger partial charge in [-0.15, -0.1) is 0 Å². The molecule has 1 aliphatic carbocycles. The fourth-order valence-electron chi connectivity index (χ4n) is 3.68. The zero-order chi connectivity index (χ0) is 20.2. The van der Waals surface area contributed by atoms with Crippen LogP contribution in [-0.2, 0) is 19.4 Å². The molecule has 0 heterocycles. The molecule has 6 heteroatoms. The Bertz CT molecular complexity index is 929. The number of aryl methyl sites for hydroxylation is 2. The van der Waals surface area contributed by atoms with Gasteiger partial charge in [-0.05, 0) is 56.0 Å². The molecule has 3 rings (SSSR count). The molecule has 0 unspecified atom stereocenters. The molecule has 28 heavy (non-hydrogen) atoms. The van der Waals surface area contributed by atoms with E-state index < -0.39 is 20.6 Å². The van der Waals surface area contributed by atoms with Gasteiger partial charge in [-0.1, -0.05) is 43.2 Å². The van der Waals surface area contributed by atoms with Crippen LogP contribution >= 0.6 is 0 Å². The largest absolute Gasteiger partial charge is 0.490 e. The van der Waals surface area contributed by atoms with Crippen LogP contribution < -0.4 is 4.74 Å². The highest BCUT2D eigenvalue weighted by molar-refractivity contribution is 7.93. The lowest BCUT2D eigenvalue weighted by atomic mass is 10.1. The number of sulfone groups is 1. The van der Waals surface area contributed by atoms with Crippen molar-refractivity contribution in [2.24, 2.45) is 0 Å². The van der Waals surface area contributed by atoms with E-state index in [1.807, 2.05) is 43.3 Å². The van der Waals surface area contributed by atoms with E-state index >= 15 is 0 Å². The first-order valence-corrected chi connectivity index (χ1v) is 11.0. The highest BCUT2D eigenvalue weighted by atomic mass is 32.2.